The van der Waals surface area contributed by atoms with Crippen LogP contribution < -0.4 is 10.2 Å². The van der Waals surface area contributed by atoms with Gasteiger partial charge in [0.2, 0.25) is 0 Å². The summed E-state index contributed by atoms with van der Waals surface area (Å²) in [6, 6.07) is 18.6. The fraction of sp³-hybridized carbons (Fsp3) is 0.409. The lowest BCUT2D eigenvalue weighted by atomic mass is 9.95. The van der Waals surface area contributed by atoms with Crippen LogP contribution in [0.2, 0.25) is 0 Å². The highest BCUT2D eigenvalue weighted by Gasteiger charge is 2.21. The van der Waals surface area contributed by atoms with Gasteiger partial charge in [-0.2, -0.15) is 5.26 Å². The number of nitriles is 1. The van der Waals surface area contributed by atoms with Crippen LogP contribution in [-0.2, 0) is 6.61 Å². The Bertz CT molecular complexity index is 760. The predicted molar refractivity (Wildman–Crippen MR) is 105 cm³/mol. The van der Waals surface area contributed by atoms with Crippen molar-refractivity contribution in [3.63, 3.8) is 0 Å². The third-order valence-corrected chi connectivity index (χ3v) is 5.33. The lowest BCUT2D eigenvalue weighted by Gasteiger charge is -2.34. The number of nitrogens with one attached hydrogen (secondary N) is 1. The number of aliphatic hydroxyl groups is 1. The van der Waals surface area contributed by atoms with Crippen LogP contribution in [0.25, 0.3) is 0 Å². The molecule has 0 aliphatic carbocycles. The van der Waals surface area contributed by atoms with Gasteiger partial charge in [0.05, 0.1) is 17.9 Å². The zero-order valence-electron chi connectivity index (χ0n) is 15.4. The predicted octanol–water partition coefficient (Wildman–Crippen LogP) is 3.62. The van der Waals surface area contributed by atoms with Crippen molar-refractivity contribution in [2.45, 2.75) is 32.4 Å². The number of hydrogen-bond acceptors (Lipinski definition) is 4. The molecular formula is C22H27N3O. The van der Waals surface area contributed by atoms with Crippen molar-refractivity contribution < 1.29 is 5.11 Å². The van der Waals surface area contributed by atoms with Gasteiger partial charge < -0.3 is 15.3 Å². The van der Waals surface area contributed by atoms with E-state index in [1.54, 1.807) is 0 Å². The molecule has 1 saturated heterocycles. The average Bonchev–Trinajstić information content (AvgIpc) is 2.72. The number of nitrogens with zero attached hydrogens (tertiary/aromatic N) is 2. The van der Waals surface area contributed by atoms with Crippen LogP contribution in [0.5, 0.6) is 0 Å². The molecule has 0 spiro atoms. The second-order valence-electron chi connectivity index (χ2n) is 7.09. The maximum absolute atomic E-state index is 9.29. The van der Waals surface area contributed by atoms with Crippen LogP contribution >= 0.6 is 0 Å². The molecule has 4 nitrogen and oxygen atoms in total. The van der Waals surface area contributed by atoms with Gasteiger partial charge in [-0.3, -0.25) is 0 Å². The average molecular weight is 349 g/mol. The molecule has 0 amide bonds. The van der Waals surface area contributed by atoms with Gasteiger partial charge in [0, 0.05) is 19.1 Å². The van der Waals surface area contributed by atoms with E-state index in [4.69, 9.17) is 0 Å². The van der Waals surface area contributed by atoms with Crippen molar-refractivity contribution >= 4 is 5.69 Å². The fourth-order valence-electron chi connectivity index (χ4n) is 3.64. The summed E-state index contributed by atoms with van der Waals surface area (Å²) in [5, 5.41) is 22.2. The highest BCUT2D eigenvalue weighted by atomic mass is 16.3. The van der Waals surface area contributed by atoms with Crippen molar-refractivity contribution in [3.05, 3.63) is 65.2 Å². The van der Waals surface area contributed by atoms with E-state index in [9.17, 15) is 10.4 Å². The van der Waals surface area contributed by atoms with Crippen LogP contribution in [0.3, 0.4) is 0 Å². The molecule has 2 N–H and O–H groups in total. The Hall–Kier alpha value is -2.35. The summed E-state index contributed by atoms with van der Waals surface area (Å²) in [5.74, 6) is 0.656. The zero-order valence-corrected chi connectivity index (χ0v) is 15.4. The first-order valence-corrected chi connectivity index (χ1v) is 9.38. The number of anilines is 1. The van der Waals surface area contributed by atoms with Crippen molar-refractivity contribution in [3.8, 4) is 6.07 Å². The first-order chi connectivity index (χ1) is 12.7. The van der Waals surface area contributed by atoms with Gasteiger partial charge >= 0.3 is 0 Å². The Morgan fingerprint density at radius 1 is 1.19 bits per heavy atom. The SMILES string of the molecule is CC(NCC1CCN(c2ccccc2C#N)CC1)c1cccc(CO)c1. The van der Waals surface area contributed by atoms with Gasteiger partial charge in [0.1, 0.15) is 6.07 Å². The van der Waals surface area contributed by atoms with E-state index in [0.717, 1.165) is 49.3 Å². The Balaban J connectivity index is 1.50. The van der Waals surface area contributed by atoms with Gasteiger partial charge in [-0.1, -0.05) is 36.4 Å². The normalized spacial score (nSPS) is 16.3. The Labute approximate surface area is 156 Å². The van der Waals surface area contributed by atoms with Crippen LogP contribution in [0.1, 0.15) is 42.5 Å². The molecule has 26 heavy (non-hydrogen) atoms. The van der Waals surface area contributed by atoms with E-state index in [1.165, 1.54) is 5.56 Å². The number of aliphatic hydroxyl groups excluding tert-OH is 1. The molecule has 0 saturated carbocycles. The maximum atomic E-state index is 9.29. The van der Waals surface area contributed by atoms with Gasteiger partial charge in [0.15, 0.2) is 0 Å². The minimum absolute atomic E-state index is 0.0865. The van der Waals surface area contributed by atoms with E-state index in [0.29, 0.717) is 5.92 Å². The van der Waals surface area contributed by atoms with E-state index >= 15 is 0 Å². The van der Waals surface area contributed by atoms with Gasteiger partial charge in [0.25, 0.3) is 0 Å². The van der Waals surface area contributed by atoms with Gasteiger partial charge in [-0.05, 0) is 55.5 Å². The summed E-state index contributed by atoms with van der Waals surface area (Å²) in [7, 11) is 0. The third-order valence-electron chi connectivity index (χ3n) is 5.33. The lowest BCUT2D eigenvalue weighted by molar-refractivity contribution is 0.281. The molecule has 1 heterocycles. The van der Waals surface area contributed by atoms with Gasteiger partial charge in [-0.25, -0.2) is 0 Å². The largest absolute Gasteiger partial charge is 0.392 e. The molecule has 1 unspecified atom stereocenters. The summed E-state index contributed by atoms with van der Waals surface area (Å²) in [4.78, 5) is 2.34. The molecule has 136 valence electrons. The van der Waals surface area contributed by atoms with E-state index in [-0.39, 0.29) is 12.6 Å². The highest BCUT2D eigenvalue weighted by molar-refractivity contribution is 5.59. The van der Waals surface area contributed by atoms with Gasteiger partial charge in [-0.15, -0.1) is 0 Å². The summed E-state index contributed by atoms with van der Waals surface area (Å²) >= 11 is 0. The number of para-hydroxylation sites is 1. The molecule has 0 bridgehead atoms. The molecule has 4 heteroatoms. The van der Waals surface area contributed by atoms with E-state index < -0.39 is 0 Å². The Morgan fingerprint density at radius 3 is 2.69 bits per heavy atom. The van der Waals surface area contributed by atoms with Crippen molar-refractivity contribution in [2.75, 3.05) is 24.5 Å². The number of piperidine rings is 1. The molecule has 3 rings (SSSR count). The second kappa shape index (κ2) is 8.84. The van der Waals surface area contributed by atoms with Crippen LogP contribution in [0.15, 0.2) is 48.5 Å². The Kier molecular flexibility index (Phi) is 6.27. The summed E-state index contributed by atoms with van der Waals surface area (Å²) in [5.41, 5.74) is 4.01. The van der Waals surface area contributed by atoms with Crippen LogP contribution in [0.4, 0.5) is 5.69 Å². The van der Waals surface area contributed by atoms with Crippen LogP contribution in [0, 0.1) is 17.2 Å². The minimum atomic E-state index is 0.0865. The fourth-order valence-corrected chi connectivity index (χ4v) is 3.64. The summed E-state index contributed by atoms with van der Waals surface area (Å²) < 4.78 is 0. The first-order valence-electron chi connectivity index (χ1n) is 9.38. The zero-order chi connectivity index (χ0) is 18.4. The molecule has 2 aromatic rings. The van der Waals surface area contributed by atoms with Crippen molar-refractivity contribution in [2.24, 2.45) is 5.92 Å². The second-order valence-corrected chi connectivity index (χ2v) is 7.09. The summed E-state index contributed by atoms with van der Waals surface area (Å²) in [6.45, 7) is 5.26. The van der Waals surface area contributed by atoms with Crippen LogP contribution in [-0.4, -0.2) is 24.7 Å². The number of rotatable bonds is 6. The monoisotopic (exact) mass is 349 g/mol. The molecule has 2 aromatic carbocycles. The molecule has 1 fully saturated rings. The number of benzene rings is 2. The standard InChI is InChI=1S/C22H27N3O/c1-17(20-7-4-5-19(13-20)16-26)24-15-18-9-11-25(12-10-18)22-8-3-2-6-21(22)14-23/h2-8,13,17-18,24,26H,9-12,15-16H2,1H3. The van der Waals surface area contributed by atoms with Crippen molar-refractivity contribution in [1.82, 2.24) is 5.32 Å². The number of hydrogen-bond donors (Lipinski definition) is 2. The molecular weight excluding hydrogens is 322 g/mol. The third kappa shape index (κ3) is 4.43. The van der Waals surface area contributed by atoms with E-state index in [1.807, 2.05) is 36.4 Å². The Morgan fingerprint density at radius 2 is 1.96 bits per heavy atom. The molecule has 1 atom stereocenters. The van der Waals surface area contributed by atoms with Crippen molar-refractivity contribution in [1.29, 1.82) is 5.26 Å². The molecule has 1 aliphatic heterocycles. The molecule has 1 aliphatic rings. The highest BCUT2D eigenvalue weighted by Crippen LogP contribution is 2.26. The summed E-state index contributed by atoms with van der Waals surface area (Å²) in [6.07, 6.45) is 2.27. The quantitative estimate of drug-likeness (QED) is 0.836. The van der Waals surface area contributed by atoms with E-state index in [2.05, 4.69) is 35.3 Å². The first kappa shape index (κ1) is 18.4. The maximum Gasteiger partial charge on any atom is 0.101 e. The molecule has 0 aromatic heterocycles. The molecule has 0 radical (unpaired) electrons. The smallest absolute Gasteiger partial charge is 0.101 e. The minimum Gasteiger partial charge on any atom is -0.392 e. The topological polar surface area (TPSA) is 59.3 Å². The lowest BCUT2D eigenvalue weighted by Crippen LogP contribution is -2.38.